The van der Waals surface area contributed by atoms with Crippen LogP contribution in [0.5, 0.6) is 0 Å². The summed E-state index contributed by atoms with van der Waals surface area (Å²) in [5.74, 6) is -2.85. The summed E-state index contributed by atoms with van der Waals surface area (Å²) in [6.45, 7) is -3.35. The van der Waals surface area contributed by atoms with Gasteiger partial charge >= 0.3 is 6.98 Å². The third-order valence-electron chi connectivity index (χ3n) is 2.14. The molecule has 1 nitrogen and oxygen atoms in total. The van der Waals surface area contributed by atoms with Gasteiger partial charge in [-0.05, 0) is 6.54 Å². The van der Waals surface area contributed by atoms with Crippen LogP contribution in [0.1, 0.15) is 6.42 Å². The fourth-order valence-corrected chi connectivity index (χ4v) is 1.33. The lowest BCUT2D eigenvalue weighted by atomic mass is 9.80. The molecule has 1 fully saturated rings. The second-order valence-corrected chi connectivity index (χ2v) is 3.55. The highest BCUT2D eigenvalue weighted by molar-refractivity contribution is 6.66. The van der Waals surface area contributed by atoms with Gasteiger partial charge in [0.05, 0.1) is 6.54 Å². The summed E-state index contributed by atoms with van der Waals surface area (Å²) in [7, 11) is 0. The molecule has 0 bridgehead atoms. The van der Waals surface area contributed by atoms with Crippen LogP contribution in [0.4, 0.5) is 21.7 Å². The van der Waals surface area contributed by atoms with Crippen molar-refractivity contribution in [3.63, 3.8) is 0 Å². The number of rotatable bonds is 3. The van der Waals surface area contributed by atoms with Crippen molar-refractivity contribution in [2.45, 2.75) is 12.3 Å². The molecule has 14 heavy (non-hydrogen) atoms. The largest absolute Gasteiger partial charge is 0.506 e. The van der Waals surface area contributed by atoms with Crippen LogP contribution in [0, 0.1) is 0 Å². The van der Waals surface area contributed by atoms with Gasteiger partial charge in [0.25, 0.3) is 5.92 Å². The van der Waals surface area contributed by atoms with E-state index in [0.29, 0.717) is 0 Å². The molecule has 0 saturated carbocycles. The van der Waals surface area contributed by atoms with Crippen LogP contribution in [0.3, 0.4) is 0 Å². The van der Waals surface area contributed by atoms with Gasteiger partial charge in [0.15, 0.2) is 0 Å². The van der Waals surface area contributed by atoms with E-state index in [4.69, 9.17) is 0 Å². The van der Waals surface area contributed by atoms with E-state index in [1.54, 1.807) is 0 Å². The van der Waals surface area contributed by atoms with Crippen molar-refractivity contribution in [2.24, 2.45) is 0 Å². The van der Waals surface area contributed by atoms with Crippen molar-refractivity contribution in [3.8, 4) is 0 Å². The summed E-state index contributed by atoms with van der Waals surface area (Å²) in [5, 5.41) is 0. The standard InChI is InChI=1S/C7H10BF5N/c1-6(8(11,12)13)4-14-3-2-7(9,10)5-14/h1-5H2/q-1. The van der Waals surface area contributed by atoms with Gasteiger partial charge in [-0.25, -0.2) is 8.78 Å². The molecule has 1 aliphatic rings. The quantitative estimate of drug-likeness (QED) is 0.514. The Kier molecular flexibility index (Phi) is 2.89. The summed E-state index contributed by atoms with van der Waals surface area (Å²) in [6, 6.07) is 0. The van der Waals surface area contributed by atoms with Gasteiger partial charge < -0.3 is 12.9 Å². The highest BCUT2D eigenvalue weighted by Crippen LogP contribution is 2.28. The molecule has 0 aromatic carbocycles. The third kappa shape index (κ3) is 2.97. The molecule has 0 spiro atoms. The van der Waals surface area contributed by atoms with Crippen molar-refractivity contribution in [1.29, 1.82) is 0 Å². The van der Waals surface area contributed by atoms with Crippen LogP contribution < -0.4 is 0 Å². The van der Waals surface area contributed by atoms with E-state index in [2.05, 4.69) is 6.58 Å². The minimum atomic E-state index is -5.10. The normalized spacial score (nSPS) is 22.6. The number of hydrogen-bond acceptors (Lipinski definition) is 1. The number of hydrogen-bond donors (Lipinski definition) is 0. The average molecular weight is 214 g/mol. The maximum atomic E-state index is 12.6. The first-order chi connectivity index (χ1) is 6.21. The van der Waals surface area contributed by atoms with E-state index in [9.17, 15) is 21.7 Å². The van der Waals surface area contributed by atoms with Crippen LogP contribution in [0.2, 0.25) is 0 Å². The van der Waals surface area contributed by atoms with Gasteiger partial charge in [-0.1, -0.05) is 0 Å². The van der Waals surface area contributed by atoms with Crippen LogP contribution in [0.25, 0.3) is 0 Å². The molecule has 0 aromatic rings. The molecule has 1 heterocycles. The van der Waals surface area contributed by atoms with Crippen molar-refractivity contribution in [2.75, 3.05) is 19.6 Å². The summed E-state index contributed by atoms with van der Waals surface area (Å²) >= 11 is 0. The van der Waals surface area contributed by atoms with Gasteiger partial charge in [0.2, 0.25) is 0 Å². The van der Waals surface area contributed by atoms with E-state index in [0.717, 1.165) is 4.90 Å². The third-order valence-corrected chi connectivity index (χ3v) is 2.14. The second kappa shape index (κ2) is 3.53. The molecule has 1 saturated heterocycles. The van der Waals surface area contributed by atoms with Crippen molar-refractivity contribution >= 4 is 6.98 Å². The minimum absolute atomic E-state index is 0.00181. The van der Waals surface area contributed by atoms with Gasteiger partial charge in [0, 0.05) is 13.0 Å². The van der Waals surface area contributed by atoms with Crippen molar-refractivity contribution in [1.82, 2.24) is 4.90 Å². The summed E-state index contributed by atoms with van der Waals surface area (Å²) in [4.78, 5) is 1.08. The van der Waals surface area contributed by atoms with Crippen molar-refractivity contribution in [3.05, 3.63) is 12.1 Å². The Hall–Kier alpha value is -0.585. The van der Waals surface area contributed by atoms with E-state index in [1.807, 2.05) is 0 Å². The Balaban J connectivity index is 2.44. The predicted molar refractivity (Wildman–Crippen MR) is 44.2 cm³/mol. The predicted octanol–water partition coefficient (Wildman–Crippen LogP) is 2.27. The minimum Gasteiger partial charge on any atom is -0.445 e. The number of alkyl halides is 2. The van der Waals surface area contributed by atoms with E-state index >= 15 is 0 Å². The molecule has 82 valence electrons. The molecule has 1 rings (SSSR count). The molecule has 0 amide bonds. The fraction of sp³-hybridized carbons (Fsp3) is 0.714. The average Bonchev–Trinajstić information content (AvgIpc) is 2.28. The molecule has 0 atom stereocenters. The van der Waals surface area contributed by atoms with Gasteiger partial charge in [-0.3, -0.25) is 4.90 Å². The van der Waals surface area contributed by atoms with Gasteiger partial charge in [-0.15, -0.1) is 12.1 Å². The zero-order valence-electron chi connectivity index (χ0n) is 7.45. The Morgan fingerprint density at radius 3 is 2.29 bits per heavy atom. The van der Waals surface area contributed by atoms with Crippen LogP contribution >= 0.6 is 0 Å². The molecule has 0 radical (unpaired) electrons. The first kappa shape index (κ1) is 11.5. The lowest BCUT2D eigenvalue weighted by Crippen LogP contribution is -2.32. The molecule has 0 unspecified atom stereocenters. The highest BCUT2D eigenvalue weighted by atomic mass is 19.4. The van der Waals surface area contributed by atoms with E-state index in [1.165, 1.54) is 0 Å². The van der Waals surface area contributed by atoms with Crippen LogP contribution in [0.15, 0.2) is 12.1 Å². The zero-order valence-corrected chi connectivity index (χ0v) is 7.45. The Morgan fingerprint density at radius 1 is 1.36 bits per heavy atom. The molecular formula is C7H10BF5N-. The second-order valence-electron chi connectivity index (χ2n) is 3.55. The molecule has 7 heteroatoms. The molecule has 0 N–H and O–H groups in total. The van der Waals surface area contributed by atoms with Crippen molar-refractivity contribution < 1.29 is 21.7 Å². The first-order valence-electron chi connectivity index (χ1n) is 4.18. The lowest BCUT2D eigenvalue weighted by molar-refractivity contribution is 0.0131. The fourth-order valence-electron chi connectivity index (χ4n) is 1.33. The summed E-state index contributed by atoms with van der Waals surface area (Å²) in [6.07, 6.45) is -0.370. The smallest absolute Gasteiger partial charge is 0.445 e. The summed E-state index contributed by atoms with van der Waals surface area (Å²) in [5.41, 5.74) is -0.914. The maximum Gasteiger partial charge on any atom is 0.506 e. The number of nitrogens with zero attached hydrogens (tertiary/aromatic N) is 1. The topological polar surface area (TPSA) is 3.24 Å². The number of halogens is 5. The molecule has 1 aliphatic heterocycles. The van der Waals surface area contributed by atoms with Gasteiger partial charge in [-0.2, -0.15) is 0 Å². The van der Waals surface area contributed by atoms with E-state index in [-0.39, 0.29) is 13.0 Å². The van der Waals surface area contributed by atoms with Crippen LogP contribution in [-0.4, -0.2) is 37.4 Å². The van der Waals surface area contributed by atoms with E-state index < -0.39 is 31.5 Å². The first-order valence-corrected chi connectivity index (χ1v) is 4.18. The zero-order chi connectivity index (χ0) is 11.0. The molecule has 0 aliphatic carbocycles. The lowest BCUT2D eigenvalue weighted by Gasteiger charge is -2.23. The SMILES string of the molecule is C=C(CN1CCC(F)(F)C1)[B-](F)(F)F. The Bertz CT molecular complexity index is 237. The maximum absolute atomic E-state index is 12.6. The monoisotopic (exact) mass is 214 g/mol. The summed E-state index contributed by atoms with van der Waals surface area (Å²) < 4.78 is 61.3. The number of likely N-dealkylation sites (tertiary alicyclic amines) is 1. The van der Waals surface area contributed by atoms with Crippen LogP contribution in [-0.2, 0) is 0 Å². The molecular weight excluding hydrogens is 204 g/mol. The molecule has 0 aromatic heterocycles. The van der Waals surface area contributed by atoms with Gasteiger partial charge in [0.1, 0.15) is 0 Å². The highest BCUT2D eigenvalue weighted by Gasteiger charge is 2.39. The Morgan fingerprint density at radius 2 is 1.93 bits per heavy atom. The Labute approximate surface area is 78.6 Å².